The largest absolute Gasteiger partial charge is 0.467 e. The number of carbonyl (C=O) groups excluding carboxylic acids is 1. The number of esters is 1. The Kier molecular flexibility index (Phi) is 4.35. The summed E-state index contributed by atoms with van der Waals surface area (Å²) in [4.78, 5) is 11.4. The molecule has 0 aliphatic heterocycles. The minimum atomic E-state index is -0.462. The van der Waals surface area contributed by atoms with Crippen molar-refractivity contribution < 1.29 is 9.53 Å². The first-order valence-corrected chi connectivity index (χ1v) is 5.26. The molecular formula is C12H15N3O2. The summed E-state index contributed by atoms with van der Waals surface area (Å²) in [6.07, 6.45) is 0.571. The number of nitrogens with two attached hydrogens (primary N) is 1. The topological polar surface area (TPSA) is 88.1 Å². The fourth-order valence-corrected chi connectivity index (χ4v) is 1.44. The van der Waals surface area contributed by atoms with Gasteiger partial charge in [-0.2, -0.15) is 5.26 Å². The number of carbonyl (C=O) groups is 1. The smallest absolute Gasteiger partial charge is 0.328 e. The number of methoxy groups -OCH3 is 1. The molecule has 1 unspecified atom stereocenters. The van der Waals surface area contributed by atoms with E-state index in [4.69, 9.17) is 11.0 Å². The normalized spacial score (nSPS) is 11.4. The van der Waals surface area contributed by atoms with Crippen molar-refractivity contribution in [2.45, 2.75) is 19.4 Å². The van der Waals surface area contributed by atoms with Gasteiger partial charge in [-0.15, -0.1) is 0 Å². The molecular weight excluding hydrogens is 218 g/mol. The molecule has 0 heterocycles. The SMILES string of the molecule is CCC(Nc1ccc(N)cc1C#N)C(=O)OC. The Balaban J connectivity index is 2.94. The quantitative estimate of drug-likeness (QED) is 0.607. The zero-order chi connectivity index (χ0) is 12.8. The number of benzene rings is 1. The summed E-state index contributed by atoms with van der Waals surface area (Å²) < 4.78 is 4.66. The van der Waals surface area contributed by atoms with Crippen LogP contribution in [0.15, 0.2) is 18.2 Å². The van der Waals surface area contributed by atoms with Crippen molar-refractivity contribution in [2.24, 2.45) is 0 Å². The van der Waals surface area contributed by atoms with Crippen molar-refractivity contribution in [3.8, 4) is 6.07 Å². The zero-order valence-electron chi connectivity index (χ0n) is 9.86. The van der Waals surface area contributed by atoms with Gasteiger partial charge in [0.15, 0.2) is 0 Å². The third-order valence-corrected chi connectivity index (χ3v) is 2.39. The molecule has 0 spiro atoms. The molecule has 1 aromatic carbocycles. The third-order valence-electron chi connectivity index (χ3n) is 2.39. The fourth-order valence-electron chi connectivity index (χ4n) is 1.44. The van der Waals surface area contributed by atoms with Crippen LogP contribution in [-0.4, -0.2) is 19.1 Å². The van der Waals surface area contributed by atoms with Gasteiger partial charge < -0.3 is 15.8 Å². The van der Waals surface area contributed by atoms with E-state index in [0.717, 1.165) is 0 Å². The zero-order valence-corrected chi connectivity index (χ0v) is 9.86. The number of nitrogens with zero attached hydrogens (tertiary/aromatic N) is 1. The summed E-state index contributed by atoms with van der Waals surface area (Å²) in [6, 6.07) is 6.48. The molecule has 3 N–H and O–H groups in total. The molecule has 5 nitrogen and oxygen atoms in total. The van der Waals surface area contributed by atoms with Crippen LogP contribution in [0, 0.1) is 11.3 Å². The molecule has 0 radical (unpaired) electrons. The molecule has 0 fully saturated rings. The average Bonchev–Trinajstić information content (AvgIpc) is 2.36. The van der Waals surface area contributed by atoms with E-state index >= 15 is 0 Å². The molecule has 1 rings (SSSR count). The standard InChI is InChI=1S/C12H15N3O2/c1-3-10(12(16)17-2)15-11-5-4-9(14)6-8(11)7-13/h4-6,10,15H,3,14H2,1-2H3. The maximum absolute atomic E-state index is 11.4. The first-order chi connectivity index (χ1) is 8.12. The predicted octanol–water partition coefficient (Wildman–Crippen LogP) is 1.50. The third kappa shape index (κ3) is 3.11. The van der Waals surface area contributed by atoms with E-state index in [0.29, 0.717) is 23.4 Å². The molecule has 17 heavy (non-hydrogen) atoms. The van der Waals surface area contributed by atoms with Gasteiger partial charge in [-0.25, -0.2) is 4.79 Å². The van der Waals surface area contributed by atoms with Crippen LogP contribution in [0.1, 0.15) is 18.9 Å². The van der Waals surface area contributed by atoms with E-state index < -0.39 is 6.04 Å². The van der Waals surface area contributed by atoms with Crippen LogP contribution in [0.2, 0.25) is 0 Å². The molecule has 5 heteroatoms. The first kappa shape index (κ1) is 12.8. The monoisotopic (exact) mass is 233 g/mol. The second kappa shape index (κ2) is 5.75. The van der Waals surface area contributed by atoms with Crippen molar-refractivity contribution in [3.63, 3.8) is 0 Å². The van der Waals surface area contributed by atoms with Gasteiger partial charge in [0.25, 0.3) is 0 Å². The lowest BCUT2D eigenvalue weighted by molar-refractivity contribution is -0.141. The summed E-state index contributed by atoms with van der Waals surface area (Å²) in [5, 5.41) is 11.9. The fraction of sp³-hybridized carbons (Fsp3) is 0.333. The summed E-state index contributed by atoms with van der Waals surface area (Å²) in [5.74, 6) is -0.354. The highest BCUT2D eigenvalue weighted by molar-refractivity contribution is 5.80. The summed E-state index contributed by atoms with van der Waals surface area (Å²) in [6.45, 7) is 1.86. The van der Waals surface area contributed by atoms with Crippen molar-refractivity contribution in [3.05, 3.63) is 23.8 Å². The van der Waals surface area contributed by atoms with Crippen LogP contribution in [-0.2, 0) is 9.53 Å². The van der Waals surface area contributed by atoms with Gasteiger partial charge in [0.05, 0.1) is 18.4 Å². The second-order valence-electron chi connectivity index (χ2n) is 3.55. The van der Waals surface area contributed by atoms with Gasteiger partial charge in [0.2, 0.25) is 0 Å². The van der Waals surface area contributed by atoms with E-state index in [1.807, 2.05) is 13.0 Å². The number of hydrogen-bond acceptors (Lipinski definition) is 5. The first-order valence-electron chi connectivity index (χ1n) is 5.26. The highest BCUT2D eigenvalue weighted by atomic mass is 16.5. The van der Waals surface area contributed by atoms with Crippen LogP contribution in [0.5, 0.6) is 0 Å². The molecule has 0 bridgehead atoms. The Labute approximate surface area is 100 Å². The highest BCUT2D eigenvalue weighted by Gasteiger charge is 2.17. The van der Waals surface area contributed by atoms with Crippen molar-refractivity contribution in [1.82, 2.24) is 0 Å². The van der Waals surface area contributed by atoms with E-state index in [1.54, 1.807) is 18.2 Å². The number of rotatable bonds is 4. The Morgan fingerprint density at radius 2 is 2.35 bits per heavy atom. The molecule has 0 aromatic heterocycles. The molecule has 0 amide bonds. The lowest BCUT2D eigenvalue weighted by atomic mass is 10.1. The minimum Gasteiger partial charge on any atom is -0.467 e. The van der Waals surface area contributed by atoms with E-state index in [-0.39, 0.29) is 5.97 Å². The van der Waals surface area contributed by atoms with Gasteiger partial charge in [0, 0.05) is 5.69 Å². The van der Waals surface area contributed by atoms with Gasteiger partial charge in [-0.1, -0.05) is 6.92 Å². The lowest BCUT2D eigenvalue weighted by Crippen LogP contribution is -2.30. The Morgan fingerprint density at radius 1 is 1.65 bits per heavy atom. The Hall–Kier alpha value is -2.22. The minimum absolute atomic E-state index is 0.354. The van der Waals surface area contributed by atoms with Crippen molar-refractivity contribution in [2.75, 3.05) is 18.2 Å². The van der Waals surface area contributed by atoms with Crippen LogP contribution in [0.25, 0.3) is 0 Å². The van der Waals surface area contributed by atoms with Gasteiger partial charge in [-0.05, 0) is 24.6 Å². The number of ether oxygens (including phenoxy) is 1. The van der Waals surface area contributed by atoms with E-state index in [1.165, 1.54) is 7.11 Å². The molecule has 90 valence electrons. The van der Waals surface area contributed by atoms with E-state index in [9.17, 15) is 4.79 Å². The number of hydrogen-bond donors (Lipinski definition) is 2. The van der Waals surface area contributed by atoms with Crippen LogP contribution >= 0.6 is 0 Å². The van der Waals surface area contributed by atoms with Crippen molar-refractivity contribution in [1.29, 1.82) is 5.26 Å². The summed E-state index contributed by atoms with van der Waals surface area (Å²) >= 11 is 0. The summed E-state index contributed by atoms with van der Waals surface area (Å²) in [5.41, 5.74) is 7.09. The molecule has 0 aliphatic carbocycles. The van der Waals surface area contributed by atoms with Gasteiger partial charge in [-0.3, -0.25) is 0 Å². The Bertz CT molecular complexity index is 452. The van der Waals surface area contributed by atoms with Crippen LogP contribution in [0.4, 0.5) is 11.4 Å². The Morgan fingerprint density at radius 3 is 2.88 bits per heavy atom. The predicted molar refractivity (Wildman–Crippen MR) is 65.3 cm³/mol. The second-order valence-corrected chi connectivity index (χ2v) is 3.55. The molecule has 0 saturated heterocycles. The number of nitrogens with one attached hydrogen (secondary N) is 1. The number of anilines is 2. The maximum Gasteiger partial charge on any atom is 0.328 e. The van der Waals surface area contributed by atoms with Gasteiger partial charge >= 0.3 is 5.97 Å². The van der Waals surface area contributed by atoms with Crippen LogP contribution < -0.4 is 11.1 Å². The van der Waals surface area contributed by atoms with Crippen molar-refractivity contribution >= 4 is 17.3 Å². The lowest BCUT2D eigenvalue weighted by Gasteiger charge is -2.16. The molecule has 0 saturated carbocycles. The summed E-state index contributed by atoms with van der Waals surface area (Å²) in [7, 11) is 1.33. The van der Waals surface area contributed by atoms with Gasteiger partial charge in [0.1, 0.15) is 12.1 Å². The number of nitrogen functional groups attached to an aromatic ring is 1. The molecule has 0 aliphatic rings. The number of nitriles is 1. The average molecular weight is 233 g/mol. The maximum atomic E-state index is 11.4. The van der Waals surface area contributed by atoms with E-state index in [2.05, 4.69) is 10.1 Å². The molecule has 1 atom stereocenters. The highest BCUT2D eigenvalue weighted by Crippen LogP contribution is 2.19. The molecule has 1 aromatic rings. The van der Waals surface area contributed by atoms with Crippen LogP contribution in [0.3, 0.4) is 0 Å².